The molecule has 12 heavy (non-hydrogen) atoms. The molecule has 0 amide bonds. The number of nitrogens with two attached hydrogens (primary N) is 1. The van der Waals surface area contributed by atoms with E-state index in [-0.39, 0.29) is 0 Å². The number of nitrogens with zero attached hydrogens (tertiary/aromatic N) is 1. The molecule has 0 saturated heterocycles. The van der Waals surface area contributed by atoms with Gasteiger partial charge in [-0.3, -0.25) is 0 Å². The molecule has 1 aromatic heterocycles. The Labute approximate surface area is 80.3 Å². The van der Waals surface area contributed by atoms with Gasteiger partial charge in [-0.15, -0.1) is 0 Å². The van der Waals surface area contributed by atoms with E-state index in [0.29, 0.717) is 13.0 Å². The molecule has 0 aliphatic heterocycles. The number of hydrogen-bond donors (Lipinski definition) is 2. The Morgan fingerprint density at radius 2 is 2.42 bits per heavy atom. The summed E-state index contributed by atoms with van der Waals surface area (Å²) in [5, 5.41) is 9.54. The summed E-state index contributed by atoms with van der Waals surface area (Å²) in [6.07, 6.45) is 2.06. The Hall–Kier alpha value is -0.320. The monoisotopic (exact) mass is 232 g/mol. The number of aryl methyl sites for hydroxylation is 1. The highest BCUT2D eigenvalue weighted by Gasteiger charge is 2.09. The van der Waals surface area contributed by atoms with E-state index in [1.54, 1.807) is 0 Å². The van der Waals surface area contributed by atoms with Gasteiger partial charge in [-0.2, -0.15) is 0 Å². The van der Waals surface area contributed by atoms with Gasteiger partial charge < -0.3 is 15.4 Å². The van der Waals surface area contributed by atoms with Crippen LogP contribution in [0.15, 0.2) is 16.9 Å². The van der Waals surface area contributed by atoms with E-state index in [2.05, 4.69) is 15.9 Å². The third-order valence-corrected chi connectivity index (χ3v) is 2.58. The first-order chi connectivity index (χ1) is 5.65. The summed E-state index contributed by atoms with van der Waals surface area (Å²) in [6, 6.07) is 1.90. The molecule has 3 N–H and O–H groups in total. The second kappa shape index (κ2) is 4.07. The van der Waals surface area contributed by atoms with Crippen LogP contribution in [0.4, 0.5) is 0 Å². The summed E-state index contributed by atoms with van der Waals surface area (Å²) < 4.78 is 2.88. The number of rotatable bonds is 3. The smallest absolute Gasteiger partial charge is 0.0847 e. The molecule has 0 fully saturated rings. The lowest BCUT2D eigenvalue weighted by Crippen LogP contribution is -2.05. The molecule has 1 atom stereocenters. The van der Waals surface area contributed by atoms with Gasteiger partial charge in [0.1, 0.15) is 0 Å². The molecular formula is C8H13BrN2O. The summed E-state index contributed by atoms with van der Waals surface area (Å²) in [6.45, 7) is 0.508. The lowest BCUT2D eigenvalue weighted by molar-refractivity contribution is 0.170. The molecule has 0 aromatic carbocycles. The standard InChI is InChI=1S/C8H13BrN2O/c1-11-5-6(4-8(11)9)7(12)2-3-10/h4-5,7,12H,2-3,10H2,1H3. The van der Waals surface area contributed by atoms with Crippen LogP contribution in [-0.4, -0.2) is 16.2 Å². The molecule has 0 spiro atoms. The average molecular weight is 233 g/mol. The van der Waals surface area contributed by atoms with E-state index in [0.717, 1.165) is 10.2 Å². The summed E-state index contributed by atoms with van der Waals surface area (Å²) in [5.74, 6) is 0. The van der Waals surface area contributed by atoms with Crippen molar-refractivity contribution in [3.05, 3.63) is 22.4 Å². The molecule has 1 aromatic rings. The first-order valence-electron chi connectivity index (χ1n) is 3.85. The Morgan fingerprint density at radius 1 is 1.75 bits per heavy atom. The number of halogens is 1. The molecule has 1 unspecified atom stereocenters. The van der Waals surface area contributed by atoms with Crippen LogP contribution in [-0.2, 0) is 7.05 Å². The lowest BCUT2D eigenvalue weighted by Gasteiger charge is -2.05. The third-order valence-electron chi connectivity index (χ3n) is 1.79. The van der Waals surface area contributed by atoms with Gasteiger partial charge in [0, 0.05) is 13.2 Å². The van der Waals surface area contributed by atoms with Gasteiger partial charge in [0.25, 0.3) is 0 Å². The van der Waals surface area contributed by atoms with Crippen LogP contribution in [0.25, 0.3) is 0 Å². The van der Waals surface area contributed by atoms with Gasteiger partial charge in [0.05, 0.1) is 10.7 Å². The Balaban J connectivity index is 2.74. The molecular weight excluding hydrogens is 220 g/mol. The van der Waals surface area contributed by atoms with E-state index < -0.39 is 6.10 Å². The van der Waals surface area contributed by atoms with Crippen molar-refractivity contribution in [2.45, 2.75) is 12.5 Å². The van der Waals surface area contributed by atoms with Gasteiger partial charge in [-0.25, -0.2) is 0 Å². The summed E-state index contributed by atoms with van der Waals surface area (Å²) >= 11 is 3.36. The van der Waals surface area contributed by atoms with E-state index in [4.69, 9.17) is 5.73 Å². The van der Waals surface area contributed by atoms with E-state index in [1.165, 1.54) is 0 Å². The lowest BCUT2D eigenvalue weighted by atomic mass is 10.1. The maximum atomic E-state index is 9.54. The summed E-state index contributed by atoms with van der Waals surface area (Å²) in [7, 11) is 1.92. The highest BCUT2D eigenvalue weighted by molar-refractivity contribution is 9.10. The molecule has 1 rings (SSSR count). The minimum atomic E-state index is -0.438. The van der Waals surface area contributed by atoms with E-state index in [1.807, 2.05) is 23.9 Å². The first kappa shape index (κ1) is 9.77. The molecule has 0 aliphatic rings. The molecule has 1 heterocycles. The molecule has 68 valence electrons. The number of aliphatic hydroxyl groups is 1. The highest BCUT2D eigenvalue weighted by atomic mass is 79.9. The zero-order valence-electron chi connectivity index (χ0n) is 7.00. The predicted octanol–water partition coefficient (Wildman–Crippen LogP) is 1.17. The van der Waals surface area contributed by atoms with Gasteiger partial charge in [0.15, 0.2) is 0 Å². The van der Waals surface area contributed by atoms with Crippen molar-refractivity contribution in [1.29, 1.82) is 0 Å². The number of aliphatic hydroxyl groups excluding tert-OH is 1. The quantitative estimate of drug-likeness (QED) is 0.823. The van der Waals surface area contributed by atoms with E-state index in [9.17, 15) is 5.11 Å². The Bertz CT molecular complexity index is 240. The molecule has 0 aliphatic carbocycles. The normalized spacial score (nSPS) is 13.3. The van der Waals surface area contributed by atoms with Crippen molar-refractivity contribution in [1.82, 2.24) is 4.57 Å². The van der Waals surface area contributed by atoms with Crippen LogP contribution in [0, 0.1) is 0 Å². The van der Waals surface area contributed by atoms with Crippen LogP contribution < -0.4 is 5.73 Å². The Morgan fingerprint density at radius 3 is 2.83 bits per heavy atom. The van der Waals surface area contributed by atoms with Crippen LogP contribution in [0.3, 0.4) is 0 Å². The maximum absolute atomic E-state index is 9.54. The average Bonchev–Trinajstić information content (AvgIpc) is 2.33. The maximum Gasteiger partial charge on any atom is 0.0847 e. The molecule has 3 nitrogen and oxygen atoms in total. The van der Waals surface area contributed by atoms with Crippen molar-refractivity contribution >= 4 is 15.9 Å². The molecule has 0 radical (unpaired) electrons. The van der Waals surface area contributed by atoms with Gasteiger partial charge in [0.2, 0.25) is 0 Å². The second-order valence-electron chi connectivity index (χ2n) is 2.80. The molecule has 0 saturated carbocycles. The fraction of sp³-hybridized carbons (Fsp3) is 0.500. The topological polar surface area (TPSA) is 51.2 Å². The number of aromatic nitrogens is 1. The molecule has 4 heteroatoms. The first-order valence-corrected chi connectivity index (χ1v) is 4.64. The van der Waals surface area contributed by atoms with Gasteiger partial charge in [-0.05, 0) is 40.5 Å². The minimum Gasteiger partial charge on any atom is -0.388 e. The van der Waals surface area contributed by atoms with Crippen molar-refractivity contribution < 1.29 is 5.11 Å². The van der Waals surface area contributed by atoms with Crippen LogP contribution >= 0.6 is 15.9 Å². The fourth-order valence-corrected chi connectivity index (χ4v) is 1.44. The third kappa shape index (κ3) is 2.09. The predicted molar refractivity (Wildman–Crippen MR) is 51.7 cm³/mol. The highest BCUT2D eigenvalue weighted by Crippen LogP contribution is 2.21. The van der Waals surface area contributed by atoms with E-state index >= 15 is 0 Å². The van der Waals surface area contributed by atoms with Crippen molar-refractivity contribution in [3.8, 4) is 0 Å². The minimum absolute atomic E-state index is 0.438. The largest absolute Gasteiger partial charge is 0.388 e. The summed E-state index contributed by atoms with van der Waals surface area (Å²) in [4.78, 5) is 0. The van der Waals surface area contributed by atoms with Gasteiger partial charge >= 0.3 is 0 Å². The van der Waals surface area contributed by atoms with Crippen LogP contribution in [0.2, 0.25) is 0 Å². The second-order valence-corrected chi connectivity index (χ2v) is 3.61. The van der Waals surface area contributed by atoms with Gasteiger partial charge in [-0.1, -0.05) is 0 Å². The van der Waals surface area contributed by atoms with Crippen molar-refractivity contribution in [2.24, 2.45) is 12.8 Å². The molecule has 0 bridgehead atoms. The fourth-order valence-electron chi connectivity index (χ4n) is 1.07. The zero-order chi connectivity index (χ0) is 9.14. The summed E-state index contributed by atoms with van der Waals surface area (Å²) in [5.41, 5.74) is 6.24. The zero-order valence-corrected chi connectivity index (χ0v) is 8.58. The SMILES string of the molecule is Cn1cc(C(O)CCN)cc1Br. The van der Waals surface area contributed by atoms with Crippen molar-refractivity contribution in [3.63, 3.8) is 0 Å². The van der Waals surface area contributed by atoms with Crippen LogP contribution in [0.1, 0.15) is 18.1 Å². The number of hydrogen-bond acceptors (Lipinski definition) is 2. The van der Waals surface area contributed by atoms with Crippen LogP contribution in [0.5, 0.6) is 0 Å². The van der Waals surface area contributed by atoms with Crippen molar-refractivity contribution in [2.75, 3.05) is 6.54 Å². The Kier molecular flexibility index (Phi) is 3.31.